The minimum absolute atomic E-state index is 0.436. The lowest BCUT2D eigenvalue weighted by Crippen LogP contribution is -2.17. The van der Waals surface area contributed by atoms with Gasteiger partial charge in [0.2, 0.25) is 0 Å². The van der Waals surface area contributed by atoms with E-state index < -0.39 is 11.9 Å². The van der Waals surface area contributed by atoms with Crippen LogP contribution in [0.1, 0.15) is 34.9 Å². The number of anilines is 1. The van der Waals surface area contributed by atoms with Crippen molar-refractivity contribution in [3.05, 3.63) is 28.5 Å². The average molecular weight is 306 g/mol. The van der Waals surface area contributed by atoms with E-state index in [4.69, 9.17) is 0 Å². The van der Waals surface area contributed by atoms with Crippen LogP contribution in [0.5, 0.6) is 0 Å². The molecule has 2 heterocycles. The van der Waals surface area contributed by atoms with Crippen molar-refractivity contribution in [1.82, 2.24) is 14.8 Å². The Hall–Kier alpha value is -1.89. The van der Waals surface area contributed by atoms with Crippen molar-refractivity contribution < 1.29 is 9.90 Å². The highest BCUT2D eigenvalue weighted by molar-refractivity contribution is 7.15. The first kappa shape index (κ1) is 14.1. The number of nitrogens with zero attached hydrogens (tertiary/aromatic N) is 3. The maximum absolute atomic E-state index is 11.3. The summed E-state index contributed by atoms with van der Waals surface area (Å²) >= 11 is 1.58. The van der Waals surface area contributed by atoms with Gasteiger partial charge in [0.25, 0.3) is 0 Å². The molecule has 0 bridgehead atoms. The first-order valence-corrected chi connectivity index (χ1v) is 7.90. The van der Waals surface area contributed by atoms with Gasteiger partial charge >= 0.3 is 5.97 Å². The van der Waals surface area contributed by atoms with Crippen LogP contribution in [0.25, 0.3) is 0 Å². The minimum Gasteiger partial charge on any atom is -0.481 e. The quantitative estimate of drug-likeness (QED) is 0.885. The van der Waals surface area contributed by atoms with Gasteiger partial charge < -0.3 is 10.4 Å². The number of thiazole rings is 1. The van der Waals surface area contributed by atoms with Crippen LogP contribution in [0.4, 0.5) is 5.13 Å². The van der Waals surface area contributed by atoms with Crippen LogP contribution >= 0.6 is 11.3 Å². The van der Waals surface area contributed by atoms with E-state index in [1.165, 1.54) is 0 Å². The Bertz CT molecular complexity index is 649. The molecule has 2 aromatic rings. The monoisotopic (exact) mass is 306 g/mol. The largest absolute Gasteiger partial charge is 0.481 e. The highest BCUT2D eigenvalue weighted by atomic mass is 32.1. The number of aryl methyl sites for hydroxylation is 2. The molecule has 1 aliphatic rings. The lowest BCUT2D eigenvalue weighted by atomic mass is 9.91. The molecule has 0 aliphatic heterocycles. The van der Waals surface area contributed by atoms with Gasteiger partial charge in [0.1, 0.15) is 5.92 Å². The standard InChI is InChI=1S/C14H18N4O2S/c1-9-7-16-18(8-9)6-5-15-14-17-12-10(13(19)20)3-2-4-11(12)21-14/h7-8,10H,2-6H2,1H3,(H,15,17)(H,19,20). The highest BCUT2D eigenvalue weighted by Crippen LogP contribution is 2.36. The van der Waals surface area contributed by atoms with Gasteiger partial charge in [-0.1, -0.05) is 0 Å². The number of carbonyl (C=O) groups is 1. The first-order chi connectivity index (χ1) is 10.1. The van der Waals surface area contributed by atoms with Gasteiger partial charge in [-0.05, 0) is 31.7 Å². The SMILES string of the molecule is Cc1cnn(CCNc2nc3c(s2)CCCC3C(=O)O)c1. The zero-order valence-corrected chi connectivity index (χ0v) is 12.7. The molecule has 7 heteroatoms. The molecule has 0 saturated carbocycles. The van der Waals surface area contributed by atoms with E-state index in [0.29, 0.717) is 6.42 Å². The van der Waals surface area contributed by atoms with Gasteiger partial charge in [0.05, 0.1) is 18.4 Å². The van der Waals surface area contributed by atoms with E-state index in [2.05, 4.69) is 15.4 Å². The van der Waals surface area contributed by atoms with Crippen molar-refractivity contribution in [3.8, 4) is 0 Å². The number of aliphatic carboxylic acids is 1. The van der Waals surface area contributed by atoms with Gasteiger partial charge in [-0.2, -0.15) is 5.10 Å². The van der Waals surface area contributed by atoms with E-state index in [-0.39, 0.29) is 0 Å². The van der Waals surface area contributed by atoms with Crippen molar-refractivity contribution in [2.45, 2.75) is 38.6 Å². The first-order valence-electron chi connectivity index (χ1n) is 7.09. The molecule has 0 spiro atoms. The molecule has 3 rings (SSSR count). The van der Waals surface area contributed by atoms with Gasteiger partial charge in [0, 0.05) is 17.6 Å². The minimum atomic E-state index is -0.764. The molecule has 1 atom stereocenters. The molecular formula is C14H18N4O2S. The summed E-state index contributed by atoms with van der Waals surface area (Å²) in [5.74, 6) is -1.20. The molecule has 21 heavy (non-hydrogen) atoms. The smallest absolute Gasteiger partial charge is 0.312 e. The molecule has 0 aromatic carbocycles. The second kappa shape index (κ2) is 5.85. The van der Waals surface area contributed by atoms with Crippen molar-refractivity contribution in [1.29, 1.82) is 0 Å². The second-order valence-electron chi connectivity index (χ2n) is 5.32. The summed E-state index contributed by atoms with van der Waals surface area (Å²) < 4.78 is 1.88. The fourth-order valence-corrected chi connectivity index (χ4v) is 3.69. The fourth-order valence-electron chi connectivity index (χ4n) is 2.60. The normalized spacial score (nSPS) is 17.5. The molecule has 1 aliphatic carbocycles. The summed E-state index contributed by atoms with van der Waals surface area (Å²) in [6, 6.07) is 0. The third-order valence-corrected chi connectivity index (χ3v) is 4.72. The van der Waals surface area contributed by atoms with Crippen molar-refractivity contribution >= 4 is 22.4 Å². The number of rotatable bonds is 5. The van der Waals surface area contributed by atoms with Crippen LogP contribution in [-0.2, 0) is 17.8 Å². The Morgan fingerprint density at radius 1 is 1.62 bits per heavy atom. The predicted octanol–water partition coefficient (Wildman–Crippen LogP) is 2.26. The molecule has 1 unspecified atom stereocenters. The summed E-state index contributed by atoms with van der Waals surface area (Å²) in [6.07, 6.45) is 6.39. The van der Waals surface area contributed by atoms with Crippen LogP contribution in [0.15, 0.2) is 12.4 Å². The summed E-state index contributed by atoms with van der Waals surface area (Å²) in [5.41, 5.74) is 1.90. The summed E-state index contributed by atoms with van der Waals surface area (Å²) in [6.45, 7) is 3.50. The Balaban J connectivity index is 1.63. The molecule has 0 radical (unpaired) electrons. The summed E-state index contributed by atoms with van der Waals surface area (Å²) in [5, 5.41) is 17.6. The topological polar surface area (TPSA) is 80.0 Å². The molecule has 2 N–H and O–H groups in total. The summed E-state index contributed by atoms with van der Waals surface area (Å²) in [4.78, 5) is 16.9. The van der Waals surface area contributed by atoms with Crippen molar-refractivity contribution in [3.63, 3.8) is 0 Å². The van der Waals surface area contributed by atoms with E-state index in [1.54, 1.807) is 11.3 Å². The van der Waals surface area contributed by atoms with Gasteiger partial charge in [0.15, 0.2) is 5.13 Å². The Kier molecular flexibility index (Phi) is 3.92. The van der Waals surface area contributed by atoms with Crippen molar-refractivity contribution in [2.24, 2.45) is 0 Å². The third kappa shape index (κ3) is 3.07. The van der Waals surface area contributed by atoms with Crippen LogP contribution in [-0.4, -0.2) is 32.4 Å². The lowest BCUT2D eigenvalue weighted by Gasteiger charge is -2.16. The average Bonchev–Trinajstić information content (AvgIpc) is 3.04. The number of hydrogen-bond donors (Lipinski definition) is 2. The third-order valence-electron chi connectivity index (χ3n) is 3.63. The zero-order valence-electron chi connectivity index (χ0n) is 11.9. The fraction of sp³-hybridized carbons (Fsp3) is 0.500. The van der Waals surface area contributed by atoms with Crippen LogP contribution in [0.3, 0.4) is 0 Å². The maximum Gasteiger partial charge on any atom is 0.312 e. The molecule has 2 aromatic heterocycles. The van der Waals surface area contributed by atoms with Crippen LogP contribution in [0, 0.1) is 6.92 Å². The summed E-state index contributed by atoms with van der Waals surface area (Å²) in [7, 11) is 0. The molecular weight excluding hydrogens is 288 g/mol. The van der Waals surface area contributed by atoms with E-state index >= 15 is 0 Å². The number of carboxylic acids is 1. The van der Waals surface area contributed by atoms with E-state index in [1.807, 2.05) is 24.0 Å². The van der Waals surface area contributed by atoms with Crippen molar-refractivity contribution in [2.75, 3.05) is 11.9 Å². The number of fused-ring (bicyclic) bond motifs is 1. The zero-order chi connectivity index (χ0) is 14.8. The molecule has 6 nitrogen and oxygen atoms in total. The number of aromatic nitrogens is 3. The van der Waals surface area contributed by atoms with Gasteiger partial charge in [-0.15, -0.1) is 11.3 Å². The molecule has 112 valence electrons. The number of hydrogen-bond acceptors (Lipinski definition) is 5. The Labute approximate surface area is 126 Å². The number of carboxylic acid groups (broad SMARTS) is 1. The second-order valence-corrected chi connectivity index (χ2v) is 6.40. The molecule has 0 fully saturated rings. The highest BCUT2D eigenvalue weighted by Gasteiger charge is 2.29. The predicted molar refractivity (Wildman–Crippen MR) is 80.9 cm³/mol. The Morgan fingerprint density at radius 2 is 2.48 bits per heavy atom. The van der Waals surface area contributed by atoms with Crippen LogP contribution in [0.2, 0.25) is 0 Å². The van der Waals surface area contributed by atoms with Crippen LogP contribution < -0.4 is 5.32 Å². The molecule has 0 amide bonds. The number of nitrogens with one attached hydrogen (secondary N) is 1. The van der Waals surface area contributed by atoms with E-state index in [9.17, 15) is 9.90 Å². The van der Waals surface area contributed by atoms with Gasteiger partial charge in [-0.25, -0.2) is 4.98 Å². The molecule has 0 saturated heterocycles. The Morgan fingerprint density at radius 3 is 3.19 bits per heavy atom. The lowest BCUT2D eigenvalue weighted by molar-refractivity contribution is -0.139. The maximum atomic E-state index is 11.3. The van der Waals surface area contributed by atoms with E-state index in [0.717, 1.165) is 47.2 Å². The van der Waals surface area contributed by atoms with Gasteiger partial charge in [-0.3, -0.25) is 9.48 Å².